The standard InChI is InChI=1S/C44H46BF2N3O8/c1-3-55-35-17-9-33(10-18-35)41-29-39(31-5-13-37(14-6-31)57-27-25-53-23-21-51)43(48-41)49-44-40(32-7-15-38(16-8-32)58-28-26-54-24-22-52)30-42(50(44)45(46)47)34-11-19-36(20-12-34)56-4-2/h5-20,29-30,51-52H,3-4,21-28H2,1-2H3/b49-43-. The van der Waals surface area contributed by atoms with Gasteiger partial charge in [-0.05, 0) is 115 Å². The second-order valence-electron chi connectivity index (χ2n) is 12.7. The molecular weight excluding hydrogens is 747 g/mol. The highest BCUT2D eigenvalue weighted by atomic mass is 19.2. The molecule has 1 aliphatic heterocycles. The van der Waals surface area contributed by atoms with Gasteiger partial charge in [-0.2, -0.15) is 0 Å². The molecule has 0 amide bonds. The Morgan fingerprint density at radius 3 is 1.53 bits per heavy atom. The van der Waals surface area contributed by atoms with Gasteiger partial charge in [-0.1, -0.05) is 24.3 Å². The fourth-order valence-corrected chi connectivity index (χ4v) is 6.22. The first kappa shape index (κ1) is 41.8. The molecule has 0 saturated carbocycles. The summed E-state index contributed by atoms with van der Waals surface area (Å²) in [5, 5.41) is 17.9. The van der Waals surface area contributed by atoms with Crippen LogP contribution in [0.4, 0.5) is 14.4 Å². The summed E-state index contributed by atoms with van der Waals surface area (Å²) in [7, 11) is -2.96. The first-order chi connectivity index (χ1) is 28.4. The Labute approximate surface area is 337 Å². The van der Waals surface area contributed by atoms with Crippen molar-refractivity contribution >= 4 is 30.3 Å². The average molecular weight is 794 g/mol. The molecule has 4 aromatic carbocycles. The van der Waals surface area contributed by atoms with Crippen molar-refractivity contribution in [2.45, 2.75) is 13.8 Å². The van der Waals surface area contributed by atoms with E-state index < -0.39 is 7.40 Å². The Morgan fingerprint density at radius 1 is 0.586 bits per heavy atom. The molecule has 0 radical (unpaired) electrons. The summed E-state index contributed by atoms with van der Waals surface area (Å²) >= 11 is 0. The van der Waals surface area contributed by atoms with E-state index in [9.17, 15) is 0 Å². The number of aliphatic hydroxyl groups excluding tert-OH is 2. The summed E-state index contributed by atoms with van der Waals surface area (Å²) in [4.78, 5) is 9.94. The minimum absolute atomic E-state index is 0.0189. The van der Waals surface area contributed by atoms with Crippen LogP contribution >= 0.6 is 0 Å². The molecule has 0 atom stereocenters. The predicted molar refractivity (Wildman–Crippen MR) is 222 cm³/mol. The lowest BCUT2D eigenvalue weighted by Gasteiger charge is -2.12. The molecule has 0 aliphatic carbocycles. The quantitative estimate of drug-likeness (QED) is 0.0538. The number of halogens is 2. The minimum Gasteiger partial charge on any atom is -0.494 e. The van der Waals surface area contributed by atoms with E-state index in [0.29, 0.717) is 84.0 Å². The summed E-state index contributed by atoms with van der Waals surface area (Å²) in [5.41, 5.74) is 4.70. The van der Waals surface area contributed by atoms with E-state index in [1.54, 1.807) is 54.6 Å². The maximum Gasteiger partial charge on any atom is 0.679 e. The topological polar surface area (TPSA) is 125 Å². The molecule has 58 heavy (non-hydrogen) atoms. The zero-order valence-electron chi connectivity index (χ0n) is 32.5. The van der Waals surface area contributed by atoms with E-state index in [1.807, 2.05) is 68.5 Å². The van der Waals surface area contributed by atoms with Crippen molar-refractivity contribution in [3.05, 3.63) is 120 Å². The van der Waals surface area contributed by atoms with Crippen LogP contribution in [0.1, 0.15) is 25.0 Å². The van der Waals surface area contributed by atoms with Crippen molar-refractivity contribution in [1.82, 2.24) is 4.48 Å². The van der Waals surface area contributed by atoms with Crippen LogP contribution in [-0.4, -0.2) is 99.7 Å². The summed E-state index contributed by atoms with van der Waals surface area (Å²) < 4.78 is 65.4. The van der Waals surface area contributed by atoms with Crippen LogP contribution in [0.15, 0.2) is 119 Å². The van der Waals surface area contributed by atoms with Crippen molar-refractivity contribution in [1.29, 1.82) is 0 Å². The van der Waals surface area contributed by atoms with Gasteiger partial charge in [0, 0.05) is 22.4 Å². The predicted octanol–water partition coefficient (Wildman–Crippen LogP) is 7.78. The number of nitrogens with zero attached hydrogens (tertiary/aromatic N) is 3. The average Bonchev–Trinajstić information content (AvgIpc) is 3.84. The van der Waals surface area contributed by atoms with E-state index in [0.717, 1.165) is 15.6 Å². The van der Waals surface area contributed by atoms with Crippen molar-refractivity contribution in [3.8, 4) is 45.4 Å². The first-order valence-electron chi connectivity index (χ1n) is 19.1. The fourth-order valence-electron chi connectivity index (χ4n) is 6.22. The number of allylic oxidation sites excluding steroid dienone is 1. The van der Waals surface area contributed by atoms with E-state index >= 15 is 8.63 Å². The Kier molecular flexibility index (Phi) is 15.2. The molecule has 1 aromatic heterocycles. The number of benzene rings is 4. The summed E-state index contributed by atoms with van der Waals surface area (Å²) in [6, 6.07) is 30.7. The van der Waals surface area contributed by atoms with Crippen LogP contribution in [0.25, 0.3) is 28.0 Å². The largest absolute Gasteiger partial charge is 0.679 e. The van der Waals surface area contributed by atoms with Gasteiger partial charge >= 0.3 is 7.40 Å². The second kappa shape index (κ2) is 21.1. The molecule has 0 fully saturated rings. The van der Waals surface area contributed by atoms with E-state index in [1.165, 1.54) is 0 Å². The monoisotopic (exact) mass is 793 g/mol. The molecule has 5 aromatic rings. The number of aliphatic imine (C=N–C) groups is 2. The molecule has 6 rings (SSSR count). The highest BCUT2D eigenvalue weighted by Gasteiger charge is 2.30. The molecule has 0 unspecified atom stereocenters. The van der Waals surface area contributed by atoms with Gasteiger partial charge in [0.15, 0.2) is 5.84 Å². The van der Waals surface area contributed by atoms with Crippen LogP contribution in [-0.2, 0) is 9.47 Å². The maximum atomic E-state index is 15.5. The first-order valence-corrected chi connectivity index (χ1v) is 19.1. The van der Waals surface area contributed by atoms with Crippen LogP contribution in [0.2, 0.25) is 0 Å². The number of hydrogen-bond donors (Lipinski definition) is 2. The van der Waals surface area contributed by atoms with Gasteiger partial charge in [-0.3, -0.25) is 8.63 Å². The van der Waals surface area contributed by atoms with Gasteiger partial charge in [0.05, 0.1) is 58.6 Å². The highest BCUT2D eigenvalue weighted by Crippen LogP contribution is 2.41. The van der Waals surface area contributed by atoms with Crippen LogP contribution < -0.4 is 18.9 Å². The number of rotatable bonds is 22. The number of aliphatic hydroxyl groups is 2. The number of amidine groups is 1. The Hall–Kier alpha value is -5.80. The zero-order valence-corrected chi connectivity index (χ0v) is 32.5. The van der Waals surface area contributed by atoms with Crippen molar-refractivity contribution in [3.63, 3.8) is 0 Å². The fraction of sp³-hybridized carbons (Fsp3) is 0.273. The van der Waals surface area contributed by atoms with Gasteiger partial charge < -0.3 is 43.1 Å². The second-order valence-corrected chi connectivity index (χ2v) is 12.7. The van der Waals surface area contributed by atoms with E-state index in [2.05, 4.69) is 0 Å². The normalized spacial score (nSPS) is 13.0. The van der Waals surface area contributed by atoms with E-state index in [4.69, 9.17) is 48.6 Å². The van der Waals surface area contributed by atoms with Crippen molar-refractivity contribution in [2.24, 2.45) is 9.98 Å². The Morgan fingerprint density at radius 2 is 1.05 bits per heavy atom. The lowest BCUT2D eigenvalue weighted by atomic mass is 10.0. The smallest absolute Gasteiger partial charge is 0.494 e. The van der Waals surface area contributed by atoms with Gasteiger partial charge in [0.2, 0.25) is 0 Å². The van der Waals surface area contributed by atoms with Crippen LogP contribution in [0.3, 0.4) is 0 Å². The maximum absolute atomic E-state index is 15.5. The molecule has 2 heterocycles. The third kappa shape index (κ3) is 10.8. The molecule has 0 bridgehead atoms. The zero-order chi connectivity index (χ0) is 40.7. The summed E-state index contributed by atoms with van der Waals surface area (Å²) in [6.45, 7) is 6.31. The molecular formula is C44H46BF2N3O8. The van der Waals surface area contributed by atoms with Gasteiger partial charge in [0.25, 0.3) is 0 Å². The number of aromatic nitrogens is 1. The van der Waals surface area contributed by atoms with Crippen LogP contribution in [0, 0.1) is 0 Å². The highest BCUT2D eigenvalue weighted by molar-refractivity contribution is 6.43. The van der Waals surface area contributed by atoms with E-state index in [-0.39, 0.29) is 50.4 Å². The van der Waals surface area contributed by atoms with Crippen molar-refractivity contribution in [2.75, 3.05) is 66.1 Å². The van der Waals surface area contributed by atoms with Gasteiger partial charge in [-0.25, -0.2) is 9.98 Å². The van der Waals surface area contributed by atoms with Crippen molar-refractivity contribution < 1.29 is 47.3 Å². The van der Waals surface area contributed by atoms with Crippen LogP contribution in [0.5, 0.6) is 23.0 Å². The lowest BCUT2D eigenvalue weighted by Crippen LogP contribution is -2.14. The van der Waals surface area contributed by atoms with Gasteiger partial charge in [0.1, 0.15) is 42.0 Å². The minimum atomic E-state index is -2.96. The summed E-state index contributed by atoms with van der Waals surface area (Å²) in [5.74, 6) is 2.79. The van der Waals surface area contributed by atoms with Gasteiger partial charge in [-0.15, -0.1) is 0 Å². The Bertz CT molecular complexity index is 2160. The third-order valence-electron chi connectivity index (χ3n) is 8.88. The number of hydrogen-bond acceptors (Lipinski definition) is 9. The molecule has 302 valence electrons. The lowest BCUT2D eigenvalue weighted by molar-refractivity contribution is 0.0705. The molecule has 14 heteroatoms. The summed E-state index contributed by atoms with van der Waals surface area (Å²) in [6.07, 6.45) is 1.90. The molecule has 1 aliphatic rings. The number of ether oxygens (including phenoxy) is 6. The molecule has 2 N–H and O–H groups in total. The molecule has 11 nitrogen and oxygen atoms in total. The third-order valence-corrected chi connectivity index (χ3v) is 8.88. The molecule has 0 spiro atoms. The Balaban J connectivity index is 1.44. The molecule has 0 saturated heterocycles. The SMILES string of the molecule is CCOc1ccc(C2=N/C(=N\c3c(-c4ccc(OCCOCCO)cc4)cc(-c4ccc(OCC)cc4)n3B(F)F)C(c3ccc(OCCOCCO)cc3)=C2)cc1.